The molecule has 0 aliphatic heterocycles. The van der Waals surface area contributed by atoms with E-state index in [0.717, 1.165) is 24.1 Å². The molecule has 0 saturated heterocycles. The lowest BCUT2D eigenvalue weighted by Crippen LogP contribution is -1.86. The fraction of sp³-hybridized carbons (Fsp3) is 0.125. The van der Waals surface area contributed by atoms with Gasteiger partial charge in [0.25, 0.3) is 0 Å². The number of hydrogen-bond donors (Lipinski definition) is 0. The number of hydrogen-bond acceptors (Lipinski definition) is 4. The number of benzene rings is 2. The Morgan fingerprint density at radius 3 is 1.30 bits per heavy atom. The first kappa shape index (κ1) is 14.9. The van der Waals surface area contributed by atoms with Crippen molar-refractivity contribution >= 4 is 36.1 Å². The topological polar surface area (TPSA) is 34.1 Å². The highest BCUT2D eigenvalue weighted by molar-refractivity contribution is 8.03. The third kappa shape index (κ3) is 4.54. The van der Waals surface area contributed by atoms with Crippen LogP contribution in [0.1, 0.15) is 20.7 Å². The Labute approximate surface area is 127 Å². The highest BCUT2D eigenvalue weighted by atomic mass is 32.2. The molecule has 0 amide bonds. The van der Waals surface area contributed by atoms with Crippen LogP contribution in [0, 0.1) is 0 Å². The number of carbonyl (C=O) groups is 2. The molecule has 0 heterocycles. The van der Waals surface area contributed by atoms with Crippen LogP contribution in [0.5, 0.6) is 0 Å². The van der Waals surface area contributed by atoms with Crippen molar-refractivity contribution in [2.24, 2.45) is 0 Å². The molecule has 0 saturated carbocycles. The number of carbonyl (C=O) groups excluding carboxylic acids is 2. The van der Waals surface area contributed by atoms with E-state index < -0.39 is 0 Å². The summed E-state index contributed by atoms with van der Waals surface area (Å²) in [7, 11) is 0. The van der Waals surface area contributed by atoms with E-state index >= 15 is 0 Å². The van der Waals surface area contributed by atoms with E-state index in [-0.39, 0.29) is 0 Å². The van der Waals surface area contributed by atoms with Gasteiger partial charge in [0.15, 0.2) is 0 Å². The van der Waals surface area contributed by atoms with Gasteiger partial charge in [-0.05, 0) is 24.3 Å². The van der Waals surface area contributed by atoms with Crippen LogP contribution in [0.4, 0.5) is 0 Å². The van der Waals surface area contributed by atoms with E-state index in [0.29, 0.717) is 11.1 Å². The molecule has 2 aromatic carbocycles. The van der Waals surface area contributed by atoms with E-state index in [1.807, 2.05) is 48.5 Å². The van der Waals surface area contributed by atoms with Gasteiger partial charge in [-0.1, -0.05) is 24.3 Å². The smallest absolute Gasteiger partial charge is 0.150 e. The minimum atomic E-state index is 0.707. The zero-order chi connectivity index (χ0) is 14.2. The van der Waals surface area contributed by atoms with E-state index in [4.69, 9.17) is 0 Å². The fourth-order valence-corrected chi connectivity index (χ4v) is 3.40. The molecule has 20 heavy (non-hydrogen) atoms. The molecule has 0 atom stereocenters. The highest BCUT2D eigenvalue weighted by Crippen LogP contribution is 2.23. The Kier molecular flexibility index (Phi) is 5.89. The summed E-state index contributed by atoms with van der Waals surface area (Å²) in [4.78, 5) is 23.4. The first-order valence-electron chi connectivity index (χ1n) is 6.18. The third-order valence-corrected chi connectivity index (χ3v) is 4.94. The summed E-state index contributed by atoms with van der Waals surface area (Å²) < 4.78 is 0. The van der Waals surface area contributed by atoms with Gasteiger partial charge in [-0.15, -0.1) is 23.5 Å². The summed E-state index contributed by atoms with van der Waals surface area (Å²) >= 11 is 3.55. The molecule has 102 valence electrons. The highest BCUT2D eigenvalue weighted by Gasteiger charge is 1.98. The largest absolute Gasteiger partial charge is 0.298 e. The minimum absolute atomic E-state index is 0.707. The number of aldehydes is 2. The second kappa shape index (κ2) is 7.92. The fourth-order valence-electron chi connectivity index (χ4n) is 1.60. The summed E-state index contributed by atoms with van der Waals surface area (Å²) in [6.07, 6.45) is 1.71. The van der Waals surface area contributed by atoms with Crippen molar-refractivity contribution in [2.75, 3.05) is 11.5 Å². The Bertz CT molecular complexity index is 509. The molecular weight excluding hydrogens is 288 g/mol. The van der Waals surface area contributed by atoms with Gasteiger partial charge in [0.05, 0.1) is 0 Å². The van der Waals surface area contributed by atoms with Crippen LogP contribution in [0.25, 0.3) is 0 Å². The maximum Gasteiger partial charge on any atom is 0.150 e. The minimum Gasteiger partial charge on any atom is -0.298 e. The average Bonchev–Trinajstić information content (AvgIpc) is 2.53. The molecule has 0 aliphatic carbocycles. The Morgan fingerprint density at radius 2 is 1.00 bits per heavy atom. The second-order valence-electron chi connectivity index (χ2n) is 4.07. The maximum absolute atomic E-state index is 10.5. The quantitative estimate of drug-likeness (QED) is 0.436. The molecule has 0 aromatic heterocycles. The Hall–Kier alpha value is -1.52. The van der Waals surface area contributed by atoms with Crippen molar-refractivity contribution < 1.29 is 9.59 Å². The molecule has 0 spiro atoms. The lowest BCUT2D eigenvalue weighted by atomic mass is 10.2. The molecule has 0 unspecified atom stereocenters. The summed E-state index contributed by atoms with van der Waals surface area (Å²) in [5.74, 6) is 2.00. The van der Waals surface area contributed by atoms with Crippen molar-refractivity contribution in [2.45, 2.75) is 9.79 Å². The summed E-state index contributed by atoms with van der Waals surface area (Å²) in [5.41, 5.74) is 1.41. The predicted octanol–water partition coefficient (Wildman–Crippen LogP) is 4.20. The maximum atomic E-state index is 10.5. The van der Waals surface area contributed by atoms with Crippen molar-refractivity contribution in [3.8, 4) is 0 Å². The standard InChI is InChI=1S/C16H14O2S2/c17-11-13-1-5-15(6-2-13)19-9-10-20-16-7-3-14(12-18)4-8-16/h1-8,11-12H,9-10H2. The summed E-state index contributed by atoms with van der Waals surface area (Å²) in [6, 6.07) is 15.2. The first-order valence-corrected chi connectivity index (χ1v) is 8.15. The zero-order valence-electron chi connectivity index (χ0n) is 10.8. The second-order valence-corrected chi connectivity index (χ2v) is 6.41. The van der Waals surface area contributed by atoms with Crippen molar-refractivity contribution in [3.05, 3.63) is 59.7 Å². The molecule has 0 aliphatic rings. The van der Waals surface area contributed by atoms with Gasteiger partial charge in [0.2, 0.25) is 0 Å². The SMILES string of the molecule is O=Cc1ccc(SCCSc2ccc(C=O)cc2)cc1. The van der Waals surface area contributed by atoms with E-state index in [1.54, 1.807) is 23.5 Å². The van der Waals surface area contributed by atoms with Crippen LogP contribution in [-0.2, 0) is 0 Å². The molecule has 0 radical (unpaired) electrons. The molecule has 0 bridgehead atoms. The molecule has 0 fully saturated rings. The van der Waals surface area contributed by atoms with Crippen LogP contribution >= 0.6 is 23.5 Å². The lowest BCUT2D eigenvalue weighted by molar-refractivity contribution is 0.111. The van der Waals surface area contributed by atoms with Gasteiger partial charge in [-0.25, -0.2) is 0 Å². The van der Waals surface area contributed by atoms with Gasteiger partial charge in [0, 0.05) is 32.4 Å². The normalized spacial score (nSPS) is 10.2. The van der Waals surface area contributed by atoms with Crippen LogP contribution in [0.2, 0.25) is 0 Å². The molecule has 2 aromatic rings. The predicted molar refractivity (Wildman–Crippen MR) is 85.1 cm³/mol. The van der Waals surface area contributed by atoms with Gasteiger partial charge < -0.3 is 0 Å². The van der Waals surface area contributed by atoms with E-state index in [1.165, 1.54) is 9.79 Å². The Morgan fingerprint density at radius 1 is 0.650 bits per heavy atom. The van der Waals surface area contributed by atoms with Gasteiger partial charge in [-0.2, -0.15) is 0 Å². The van der Waals surface area contributed by atoms with Crippen LogP contribution in [0.15, 0.2) is 58.3 Å². The third-order valence-electron chi connectivity index (χ3n) is 2.65. The molecule has 2 nitrogen and oxygen atoms in total. The van der Waals surface area contributed by atoms with Crippen LogP contribution in [-0.4, -0.2) is 24.1 Å². The monoisotopic (exact) mass is 302 g/mol. The van der Waals surface area contributed by atoms with Crippen LogP contribution in [0.3, 0.4) is 0 Å². The van der Waals surface area contributed by atoms with Gasteiger partial charge in [-0.3, -0.25) is 9.59 Å². The molecule has 0 N–H and O–H groups in total. The Balaban J connectivity index is 1.74. The summed E-state index contributed by atoms with van der Waals surface area (Å²) in [6.45, 7) is 0. The van der Waals surface area contributed by atoms with E-state index in [2.05, 4.69) is 0 Å². The van der Waals surface area contributed by atoms with Crippen molar-refractivity contribution in [1.29, 1.82) is 0 Å². The van der Waals surface area contributed by atoms with Crippen molar-refractivity contribution in [1.82, 2.24) is 0 Å². The summed E-state index contributed by atoms with van der Waals surface area (Å²) in [5, 5.41) is 0. The zero-order valence-corrected chi connectivity index (χ0v) is 12.5. The molecule has 2 rings (SSSR count). The lowest BCUT2D eigenvalue weighted by Gasteiger charge is -2.03. The number of thioether (sulfide) groups is 2. The van der Waals surface area contributed by atoms with Gasteiger partial charge >= 0.3 is 0 Å². The van der Waals surface area contributed by atoms with Crippen molar-refractivity contribution in [3.63, 3.8) is 0 Å². The average molecular weight is 302 g/mol. The molecular formula is C16H14O2S2. The van der Waals surface area contributed by atoms with Crippen LogP contribution < -0.4 is 0 Å². The van der Waals surface area contributed by atoms with E-state index in [9.17, 15) is 9.59 Å². The number of rotatable bonds is 7. The first-order chi connectivity index (χ1) is 9.81. The van der Waals surface area contributed by atoms with Gasteiger partial charge in [0.1, 0.15) is 12.6 Å². The molecule has 4 heteroatoms.